The van der Waals surface area contributed by atoms with Gasteiger partial charge in [0, 0.05) is 56.4 Å². The molecule has 0 spiro atoms. The molecular formula is C16H15ClN4O3. The first kappa shape index (κ1) is 16.2. The summed E-state index contributed by atoms with van der Waals surface area (Å²) in [6, 6.07) is 7.79. The van der Waals surface area contributed by atoms with Gasteiger partial charge in [-0.25, -0.2) is 0 Å². The predicted octanol–water partition coefficient (Wildman–Crippen LogP) is 2.61. The highest BCUT2D eigenvalue weighted by Gasteiger charge is 2.24. The number of benzene rings is 1. The molecule has 1 aliphatic rings. The van der Waals surface area contributed by atoms with Gasteiger partial charge in [-0.2, -0.15) is 0 Å². The number of amides is 1. The SMILES string of the molecule is O=C(c1ccc([N+](=O)[O-])cc1Cl)N1CCN(c2ccncc2)CC1. The van der Waals surface area contributed by atoms with Crippen LogP contribution < -0.4 is 4.90 Å². The van der Waals surface area contributed by atoms with E-state index in [2.05, 4.69) is 9.88 Å². The summed E-state index contributed by atoms with van der Waals surface area (Å²) in [6.07, 6.45) is 3.48. The van der Waals surface area contributed by atoms with Crippen LogP contribution in [0.25, 0.3) is 0 Å². The fraction of sp³-hybridized carbons (Fsp3) is 0.250. The minimum absolute atomic E-state index is 0.103. The number of piperazine rings is 1. The quantitative estimate of drug-likeness (QED) is 0.630. The number of nitro groups is 1. The molecule has 0 aliphatic carbocycles. The standard InChI is InChI=1S/C16H15ClN4O3/c17-15-11-13(21(23)24)1-2-14(15)16(22)20-9-7-19(8-10-20)12-3-5-18-6-4-12/h1-6,11H,7-10H2. The third kappa shape index (κ3) is 3.30. The summed E-state index contributed by atoms with van der Waals surface area (Å²) in [5, 5.41) is 10.9. The van der Waals surface area contributed by atoms with Gasteiger partial charge in [-0.3, -0.25) is 19.9 Å². The molecule has 24 heavy (non-hydrogen) atoms. The number of nitrogens with zero attached hydrogens (tertiary/aromatic N) is 4. The second-order valence-electron chi connectivity index (χ2n) is 5.41. The van der Waals surface area contributed by atoms with E-state index in [0.29, 0.717) is 31.7 Å². The minimum Gasteiger partial charge on any atom is -0.368 e. The number of carbonyl (C=O) groups excluding carboxylic acids is 1. The molecule has 8 heteroatoms. The molecular weight excluding hydrogens is 332 g/mol. The predicted molar refractivity (Wildman–Crippen MR) is 90.5 cm³/mol. The molecule has 1 fully saturated rings. The Morgan fingerprint density at radius 2 is 1.79 bits per heavy atom. The van der Waals surface area contributed by atoms with Gasteiger partial charge in [0.1, 0.15) is 0 Å². The van der Waals surface area contributed by atoms with Crippen molar-refractivity contribution < 1.29 is 9.72 Å². The Balaban J connectivity index is 1.68. The molecule has 1 saturated heterocycles. The van der Waals surface area contributed by atoms with Crippen molar-refractivity contribution in [2.45, 2.75) is 0 Å². The van der Waals surface area contributed by atoms with Gasteiger partial charge in [0.15, 0.2) is 0 Å². The van der Waals surface area contributed by atoms with Gasteiger partial charge in [-0.15, -0.1) is 0 Å². The van der Waals surface area contributed by atoms with E-state index in [0.717, 1.165) is 5.69 Å². The van der Waals surface area contributed by atoms with Crippen molar-refractivity contribution in [3.05, 3.63) is 63.4 Å². The van der Waals surface area contributed by atoms with Gasteiger partial charge in [0.25, 0.3) is 11.6 Å². The molecule has 124 valence electrons. The number of non-ortho nitro benzene ring substituents is 1. The zero-order valence-electron chi connectivity index (χ0n) is 12.8. The molecule has 0 bridgehead atoms. The molecule has 1 amide bonds. The van der Waals surface area contributed by atoms with Crippen molar-refractivity contribution in [3.8, 4) is 0 Å². The van der Waals surface area contributed by atoms with Crippen LogP contribution in [0.4, 0.5) is 11.4 Å². The molecule has 7 nitrogen and oxygen atoms in total. The average Bonchev–Trinajstić information content (AvgIpc) is 2.62. The van der Waals surface area contributed by atoms with Crippen LogP contribution >= 0.6 is 11.6 Å². The van der Waals surface area contributed by atoms with Crippen LogP contribution in [-0.4, -0.2) is 46.9 Å². The van der Waals surface area contributed by atoms with E-state index < -0.39 is 4.92 Å². The summed E-state index contributed by atoms with van der Waals surface area (Å²) in [6.45, 7) is 2.55. The smallest absolute Gasteiger partial charge is 0.270 e. The highest BCUT2D eigenvalue weighted by molar-refractivity contribution is 6.34. The molecule has 2 heterocycles. The number of aromatic nitrogens is 1. The van der Waals surface area contributed by atoms with E-state index in [4.69, 9.17) is 11.6 Å². The summed E-state index contributed by atoms with van der Waals surface area (Å²) in [4.78, 5) is 30.7. The first-order valence-electron chi connectivity index (χ1n) is 7.44. The van der Waals surface area contributed by atoms with Crippen LogP contribution in [0.5, 0.6) is 0 Å². The first-order chi connectivity index (χ1) is 11.6. The number of nitro benzene ring substituents is 1. The van der Waals surface area contributed by atoms with E-state index >= 15 is 0 Å². The average molecular weight is 347 g/mol. The van der Waals surface area contributed by atoms with Crippen molar-refractivity contribution in [2.75, 3.05) is 31.1 Å². The van der Waals surface area contributed by atoms with Gasteiger partial charge in [0.05, 0.1) is 15.5 Å². The van der Waals surface area contributed by atoms with Crippen LogP contribution in [-0.2, 0) is 0 Å². The Kier molecular flexibility index (Phi) is 4.61. The Hall–Kier alpha value is -2.67. The zero-order valence-corrected chi connectivity index (χ0v) is 13.5. The highest BCUT2D eigenvalue weighted by atomic mass is 35.5. The lowest BCUT2D eigenvalue weighted by molar-refractivity contribution is -0.384. The number of carbonyl (C=O) groups is 1. The fourth-order valence-electron chi connectivity index (χ4n) is 2.68. The molecule has 2 aromatic rings. The summed E-state index contributed by atoms with van der Waals surface area (Å²) < 4.78 is 0. The number of halogens is 1. The lowest BCUT2D eigenvalue weighted by Crippen LogP contribution is -2.48. The van der Waals surface area contributed by atoms with Crippen LogP contribution in [0.1, 0.15) is 10.4 Å². The van der Waals surface area contributed by atoms with Crippen LogP contribution in [0.2, 0.25) is 5.02 Å². The fourth-order valence-corrected chi connectivity index (χ4v) is 2.94. The van der Waals surface area contributed by atoms with Gasteiger partial charge in [-0.05, 0) is 18.2 Å². The Labute approximate surface area is 143 Å². The first-order valence-corrected chi connectivity index (χ1v) is 7.82. The van der Waals surface area contributed by atoms with E-state index in [1.54, 1.807) is 17.3 Å². The topological polar surface area (TPSA) is 79.6 Å². The van der Waals surface area contributed by atoms with Gasteiger partial charge < -0.3 is 9.80 Å². The molecule has 0 unspecified atom stereocenters. The van der Waals surface area contributed by atoms with Crippen molar-refractivity contribution in [3.63, 3.8) is 0 Å². The van der Waals surface area contributed by atoms with E-state index in [-0.39, 0.29) is 16.6 Å². The maximum Gasteiger partial charge on any atom is 0.270 e. The number of rotatable bonds is 3. The highest BCUT2D eigenvalue weighted by Crippen LogP contribution is 2.24. The normalized spacial score (nSPS) is 14.5. The lowest BCUT2D eigenvalue weighted by Gasteiger charge is -2.36. The Morgan fingerprint density at radius 3 is 2.38 bits per heavy atom. The third-order valence-corrected chi connectivity index (χ3v) is 4.30. The second kappa shape index (κ2) is 6.84. The number of hydrogen-bond donors (Lipinski definition) is 0. The van der Waals surface area contributed by atoms with Gasteiger partial charge in [0.2, 0.25) is 0 Å². The second-order valence-corrected chi connectivity index (χ2v) is 5.81. The van der Waals surface area contributed by atoms with Crippen LogP contribution in [0.3, 0.4) is 0 Å². The summed E-state index contributed by atoms with van der Waals surface area (Å²) in [5.74, 6) is -0.204. The van der Waals surface area contributed by atoms with Gasteiger partial charge in [-0.1, -0.05) is 11.6 Å². The maximum absolute atomic E-state index is 12.6. The third-order valence-electron chi connectivity index (χ3n) is 3.99. The van der Waals surface area contributed by atoms with Gasteiger partial charge >= 0.3 is 0 Å². The zero-order chi connectivity index (χ0) is 17.1. The number of anilines is 1. The molecule has 1 aliphatic heterocycles. The maximum atomic E-state index is 12.6. The Morgan fingerprint density at radius 1 is 1.12 bits per heavy atom. The van der Waals surface area contributed by atoms with Crippen molar-refractivity contribution in [1.82, 2.24) is 9.88 Å². The monoisotopic (exact) mass is 346 g/mol. The van der Waals surface area contributed by atoms with Crippen LogP contribution in [0.15, 0.2) is 42.7 Å². The molecule has 0 N–H and O–H groups in total. The van der Waals surface area contributed by atoms with Crippen molar-refractivity contribution in [2.24, 2.45) is 0 Å². The molecule has 0 saturated carbocycles. The van der Waals surface area contributed by atoms with Crippen molar-refractivity contribution in [1.29, 1.82) is 0 Å². The molecule has 0 radical (unpaired) electrons. The van der Waals surface area contributed by atoms with E-state index in [1.165, 1.54) is 18.2 Å². The number of hydrogen-bond acceptors (Lipinski definition) is 5. The minimum atomic E-state index is -0.534. The summed E-state index contributed by atoms with van der Waals surface area (Å²) in [7, 11) is 0. The Bertz CT molecular complexity index is 761. The van der Waals surface area contributed by atoms with E-state index in [9.17, 15) is 14.9 Å². The van der Waals surface area contributed by atoms with E-state index in [1.807, 2.05) is 12.1 Å². The molecule has 3 rings (SSSR count). The largest absolute Gasteiger partial charge is 0.368 e. The summed E-state index contributed by atoms with van der Waals surface area (Å²) in [5.41, 5.74) is 1.24. The molecule has 1 aromatic carbocycles. The number of pyridine rings is 1. The summed E-state index contributed by atoms with van der Waals surface area (Å²) >= 11 is 6.04. The molecule has 0 atom stereocenters. The lowest BCUT2D eigenvalue weighted by atomic mass is 10.1. The van der Waals surface area contributed by atoms with Crippen molar-refractivity contribution >= 4 is 28.9 Å². The molecule has 1 aromatic heterocycles. The van der Waals surface area contributed by atoms with Crippen LogP contribution in [0, 0.1) is 10.1 Å².